The first-order chi connectivity index (χ1) is 13.5. The summed E-state index contributed by atoms with van der Waals surface area (Å²) in [6.45, 7) is 1.12. The number of hydrogen-bond acceptors (Lipinski definition) is 4. The SMILES string of the molecule is COC(=O)CCN1CCC(Cc2ccc(-c3ccc(C(=N)N)cc3)cc2)C1=O. The molecule has 6 nitrogen and oxygen atoms in total. The van der Waals surface area contributed by atoms with Crippen LogP contribution in [0.25, 0.3) is 11.1 Å². The van der Waals surface area contributed by atoms with Crippen molar-refractivity contribution in [3.8, 4) is 11.1 Å². The van der Waals surface area contributed by atoms with E-state index in [1.807, 2.05) is 36.4 Å². The Balaban J connectivity index is 1.59. The van der Waals surface area contributed by atoms with Gasteiger partial charge in [-0.1, -0.05) is 48.5 Å². The molecular weight excluding hydrogens is 354 g/mol. The van der Waals surface area contributed by atoms with Crippen molar-refractivity contribution < 1.29 is 14.3 Å². The molecule has 1 atom stereocenters. The predicted octanol–water partition coefficient (Wildman–Crippen LogP) is 2.59. The molecule has 28 heavy (non-hydrogen) atoms. The van der Waals surface area contributed by atoms with Gasteiger partial charge in [0.1, 0.15) is 5.84 Å². The Labute approximate surface area is 164 Å². The lowest BCUT2D eigenvalue weighted by Gasteiger charge is -2.16. The van der Waals surface area contributed by atoms with E-state index in [0.717, 1.165) is 23.1 Å². The highest BCUT2D eigenvalue weighted by atomic mass is 16.5. The summed E-state index contributed by atoms with van der Waals surface area (Å²) in [5, 5.41) is 7.46. The molecule has 0 aromatic heterocycles. The zero-order valence-corrected chi connectivity index (χ0v) is 16.0. The summed E-state index contributed by atoms with van der Waals surface area (Å²) in [6, 6.07) is 15.8. The Kier molecular flexibility index (Phi) is 6.09. The van der Waals surface area contributed by atoms with Gasteiger partial charge in [0.05, 0.1) is 13.5 Å². The molecule has 1 heterocycles. The van der Waals surface area contributed by atoms with Crippen LogP contribution in [0, 0.1) is 11.3 Å². The van der Waals surface area contributed by atoms with Crippen molar-refractivity contribution in [2.45, 2.75) is 19.3 Å². The monoisotopic (exact) mass is 379 g/mol. The lowest BCUT2D eigenvalue weighted by molar-refractivity contribution is -0.141. The fraction of sp³-hybridized carbons (Fsp3) is 0.318. The van der Waals surface area contributed by atoms with Gasteiger partial charge < -0.3 is 15.4 Å². The number of ether oxygens (including phenoxy) is 1. The van der Waals surface area contributed by atoms with Crippen molar-refractivity contribution in [1.82, 2.24) is 4.90 Å². The summed E-state index contributed by atoms with van der Waals surface area (Å²) < 4.78 is 4.64. The molecule has 3 N–H and O–H groups in total. The second-order valence-electron chi connectivity index (χ2n) is 7.03. The van der Waals surface area contributed by atoms with Gasteiger partial charge in [0.25, 0.3) is 0 Å². The Morgan fingerprint density at radius 2 is 1.75 bits per heavy atom. The number of nitrogens with two attached hydrogens (primary N) is 1. The van der Waals surface area contributed by atoms with Crippen molar-refractivity contribution in [3.05, 3.63) is 59.7 Å². The first-order valence-corrected chi connectivity index (χ1v) is 9.37. The summed E-state index contributed by atoms with van der Waals surface area (Å²) in [5.74, 6) is -0.141. The number of nitrogens with one attached hydrogen (secondary N) is 1. The van der Waals surface area contributed by atoms with Crippen LogP contribution in [0.5, 0.6) is 0 Å². The minimum atomic E-state index is -0.289. The van der Waals surface area contributed by atoms with E-state index >= 15 is 0 Å². The number of carbonyl (C=O) groups is 2. The molecule has 0 aliphatic carbocycles. The number of amidine groups is 1. The van der Waals surface area contributed by atoms with Crippen LogP contribution in [-0.2, 0) is 20.7 Å². The highest BCUT2D eigenvalue weighted by Crippen LogP contribution is 2.25. The van der Waals surface area contributed by atoms with Crippen LogP contribution >= 0.6 is 0 Å². The summed E-state index contributed by atoms with van der Waals surface area (Å²) >= 11 is 0. The number of carbonyl (C=O) groups excluding carboxylic acids is 2. The standard InChI is InChI=1S/C22H25N3O3/c1-28-20(26)11-13-25-12-10-19(22(25)27)14-15-2-4-16(5-3-15)17-6-8-18(9-7-17)21(23)24/h2-9,19H,10-14H2,1H3,(H3,23,24). The zero-order valence-electron chi connectivity index (χ0n) is 16.0. The van der Waals surface area contributed by atoms with E-state index in [1.54, 1.807) is 4.90 Å². The summed E-state index contributed by atoms with van der Waals surface area (Å²) in [4.78, 5) is 25.6. The average Bonchev–Trinajstić information content (AvgIpc) is 3.06. The smallest absolute Gasteiger partial charge is 0.307 e. The molecule has 1 aliphatic rings. The third-order valence-corrected chi connectivity index (χ3v) is 5.19. The van der Waals surface area contributed by atoms with Gasteiger partial charge in [-0.15, -0.1) is 0 Å². The lowest BCUT2D eigenvalue weighted by atomic mass is 9.96. The Morgan fingerprint density at radius 1 is 1.14 bits per heavy atom. The number of rotatable bonds is 7. The summed E-state index contributed by atoms with van der Waals surface area (Å²) in [7, 11) is 1.36. The zero-order chi connectivity index (χ0) is 20.1. The topological polar surface area (TPSA) is 96.5 Å². The normalized spacial score (nSPS) is 16.2. The second-order valence-corrected chi connectivity index (χ2v) is 7.03. The second kappa shape index (κ2) is 8.69. The minimum Gasteiger partial charge on any atom is -0.469 e. The van der Waals surface area contributed by atoms with Gasteiger partial charge in [0.15, 0.2) is 0 Å². The molecule has 0 spiro atoms. The molecule has 1 aliphatic heterocycles. The van der Waals surface area contributed by atoms with Gasteiger partial charge in [-0.25, -0.2) is 0 Å². The number of amides is 1. The highest BCUT2D eigenvalue weighted by molar-refractivity contribution is 5.95. The molecule has 1 amide bonds. The third kappa shape index (κ3) is 4.57. The van der Waals surface area contributed by atoms with Crippen LogP contribution in [0.2, 0.25) is 0 Å². The van der Waals surface area contributed by atoms with Crippen LogP contribution in [0.1, 0.15) is 24.0 Å². The molecule has 2 aromatic rings. The molecule has 6 heteroatoms. The van der Waals surface area contributed by atoms with Gasteiger partial charge in [-0.2, -0.15) is 0 Å². The van der Waals surface area contributed by atoms with Crippen LogP contribution in [0.15, 0.2) is 48.5 Å². The number of likely N-dealkylation sites (tertiary alicyclic amines) is 1. The maximum atomic E-state index is 12.5. The van der Waals surface area contributed by atoms with Gasteiger partial charge in [0.2, 0.25) is 5.91 Å². The maximum absolute atomic E-state index is 12.5. The predicted molar refractivity (Wildman–Crippen MR) is 108 cm³/mol. The van der Waals surface area contributed by atoms with Gasteiger partial charge in [0, 0.05) is 24.6 Å². The molecule has 1 fully saturated rings. The largest absolute Gasteiger partial charge is 0.469 e. The van der Waals surface area contributed by atoms with Crippen molar-refractivity contribution >= 4 is 17.7 Å². The minimum absolute atomic E-state index is 0.0293. The van der Waals surface area contributed by atoms with E-state index in [9.17, 15) is 9.59 Å². The number of nitrogen functional groups attached to an aromatic ring is 1. The van der Waals surface area contributed by atoms with Crippen molar-refractivity contribution in [1.29, 1.82) is 5.41 Å². The first kappa shape index (κ1) is 19.6. The third-order valence-electron chi connectivity index (χ3n) is 5.19. The van der Waals surface area contributed by atoms with E-state index in [4.69, 9.17) is 11.1 Å². The number of benzene rings is 2. The molecular formula is C22H25N3O3. The van der Waals surface area contributed by atoms with E-state index in [1.165, 1.54) is 7.11 Å². The molecule has 1 unspecified atom stereocenters. The molecule has 0 radical (unpaired) electrons. The highest BCUT2D eigenvalue weighted by Gasteiger charge is 2.31. The summed E-state index contributed by atoms with van der Waals surface area (Å²) in [6.07, 6.45) is 1.76. The fourth-order valence-electron chi connectivity index (χ4n) is 3.50. The summed E-state index contributed by atoms with van der Waals surface area (Å²) in [5.41, 5.74) is 9.46. The van der Waals surface area contributed by atoms with Crippen molar-refractivity contribution in [2.75, 3.05) is 20.2 Å². The van der Waals surface area contributed by atoms with Crippen LogP contribution in [-0.4, -0.2) is 42.8 Å². The van der Waals surface area contributed by atoms with Crippen LogP contribution < -0.4 is 5.73 Å². The molecule has 2 aromatic carbocycles. The van der Waals surface area contributed by atoms with E-state index in [2.05, 4.69) is 16.9 Å². The van der Waals surface area contributed by atoms with Gasteiger partial charge in [-0.05, 0) is 29.5 Å². The quantitative estimate of drug-likeness (QED) is 0.439. The van der Waals surface area contributed by atoms with Crippen molar-refractivity contribution in [2.24, 2.45) is 11.7 Å². The molecule has 0 saturated carbocycles. The number of hydrogen-bond donors (Lipinski definition) is 2. The van der Waals surface area contributed by atoms with Crippen molar-refractivity contribution in [3.63, 3.8) is 0 Å². The lowest BCUT2D eigenvalue weighted by Crippen LogP contribution is -2.30. The Hall–Kier alpha value is -3.15. The van der Waals surface area contributed by atoms with E-state index in [0.29, 0.717) is 25.1 Å². The van der Waals surface area contributed by atoms with Gasteiger partial charge >= 0.3 is 5.97 Å². The number of esters is 1. The molecule has 1 saturated heterocycles. The first-order valence-electron chi connectivity index (χ1n) is 9.37. The number of methoxy groups -OCH3 is 1. The fourth-order valence-corrected chi connectivity index (χ4v) is 3.50. The van der Waals surface area contributed by atoms with E-state index in [-0.39, 0.29) is 30.1 Å². The molecule has 146 valence electrons. The number of nitrogens with zero attached hydrogens (tertiary/aromatic N) is 1. The molecule has 0 bridgehead atoms. The maximum Gasteiger partial charge on any atom is 0.307 e. The Bertz CT molecular complexity index is 860. The molecule has 3 rings (SSSR count). The Morgan fingerprint density at radius 3 is 2.32 bits per heavy atom. The van der Waals surface area contributed by atoms with Crippen LogP contribution in [0.3, 0.4) is 0 Å². The average molecular weight is 379 g/mol. The van der Waals surface area contributed by atoms with Gasteiger partial charge in [-0.3, -0.25) is 15.0 Å². The van der Waals surface area contributed by atoms with E-state index < -0.39 is 0 Å². The van der Waals surface area contributed by atoms with Crippen LogP contribution in [0.4, 0.5) is 0 Å².